The summed E-state index contributed by atoms with van der Waals surface area (Å²) < 4.78 is 0. The van der Waals surface area contributed by atoms with Gasteiger partial charge in [-0.1, -0.05) is 5.16 Å². The Morgan fingerprint density at radius 1 is 2.00 bits per heavy atom. The van der Waals surface area contributed by atoms with Crippen molar-refractivity contribution >= 4 is 17.8 Å². The molecule has 2 nitrogen and oxygen atoms in total. The number of alkyl halides is 1. The van der Waals surface area contributed by atoms with Crippen LogP contribution in [0, 0.1) is 0 Å². The molecule has 0 aromatic heterocycles. The Morgan fingerprint density at radius 3 is 3.14 bits per heavy atom. The summed E-state index contributed by atoms with van der Waals surface area (Å²) in [7, 11) is 0. The molecule has 40 valence electrons. The van der Waals surface area contributed by atoms with E-state index in [4.69, 9.17) is 16.4 Å². The van der Waals surface area contributed by atoms with Crippen molar-refractivity contribution in [1.29, 1.82) is 0 Å². The molecule has 0 amide bonds. The summed E-state index contributed by atoms with van der Waals surface area (Å²) in [6.45, 7) is 0. The van der Waals surface area contributed by atoms with Crippen LogP contribution in [-0.2, 0) is 4.84 Å². The first kappa shape index (κ1) is 4.91. The fraction of sp³-hybridized carbons (Fsp3) is 0.750. The highest BCUT2D eigenvalue weighted by atomic mass is 35.5. The fourth-order valence-corrected chi connectivity index (χ4v) is 0.606. The molecule has 0 aromatic carbocycles. The van der Waals surface area contributed by atoms with Crippen LogP contribution in [0.25, 0.3) is 0 Å². The van der Waals surface area contributed by atoms with Crippen molar-refractivity contribution in [2.75, 3.05) is 5.88 Å². The van der Waals surface area contributed by atoms with Gasteiger partial charge in [0.05, 0.1) is 5.88 Å². The lowest BCUT2D eigenvalue weighted by molar-refractivity contribution is 0.102. The van der Waals surface area contributed by atoms with Crippen molar-refractivity contribution in [2.45, 2.75) is 12.5 Å². The van der Waals surface area contributed by atoms with Crippen LogP contribution in [0.4, 0.5) is 0 Å². The minimum absolute atomic E-state index is 0.140. The van der Waals surface area contributed by atoms with Crippen LogP contribution in [0.5, 0.6) is 0 Å². The minimum atomic E-state index is 0.140. The monoisotopic (exact) mass is 119 g/mol. The van der Waals surface area contributed by atoms with E-state index in [0.717, 1.165) is 6.42 Å². The van der Waals surface area contributed by atoms with Crippen LogP contribution < -0.4 is 0 Å². The summed E-state index contributed by atoms with van der Waals surface area (Å²) in [6.07, 6.45) is 2.73. The van der Waals surface area contributed by atoms with Crippen molar-refractivity contribution in [2.24, 2.45) is 5.16 Å². The normalized spacial score (nSPS) is 27.9. The van der Waals surface area contributed by atoms with Gasteiger partial charge in [0.25, 0.3) is 0 Å². The van der Waals surface area contributed by atoms with Crippen molar-refractivity contribution in [3.8, 4) is 0 Å². The van der Waals surface area contributed by atoms with E-state index in [1.165, 1.54) is 0 Å². The Hall–Kier alpha value is -0.240. The average molecular weight is 120 g/mol. The molecular weight excluding hydrogens is 114 g/mol. The van der Waals surface area contributed by atoms with E-state index in [1.807, 2.05) is 0 Å². The van der Waals surface area contributed by atoms with Gasteiger partial charge in [-0.2, -0.15) is 0 Å². The van der Waals surface area contributed by atoms with Gasteiger partial charge in [0.15, 0.2) is 0 Å². The number of nitrogens with zero attached hydrogens (tertiary/aromatic N) is 1. The van der Waals surface area contributed by atoms with Gasteiger partial charge in [-0.3, -0.25) is 0 Å². The first-order valence-corrected chi connectivity index (χ1v) is 2.70. The highest BCUT2D eigenvalue weighted by Gasteiger charge is 2.09. The fourth-order valence-electron chi connectivity index (χ4n) is 0.424. The second kappa shape index (κ2) is 2.17. The van der Waals surface area contributed by atoms with Gasteiger partial charge >= 0.3 is 0 Å². The molecule has 0 N–H and O–H groups in total. The van der Waals surface area contributed by atoms with Crippen molar-refractivity contribution in [1.82, 2.24) is 0 Å². The molecule has 3 heteroatoms. The predicted molar refractivity (Wildman–Crippen MR) is 28.7 cm³/mol. The van der Waals surface area contributed by atoms with E-state index >= 15 is 0 Å². The molecule has 0 spiro atoms. The Morgan fingerprint density at radius 2 is 2.86 bits per heavy atom. The highest BCUT2D eigenvalue weighted by molar-refractivity contribution is 6.18. The Kier molecular flexibility index (Phi) is 1.52. The lowest BCUT2D eigenvalue weighted by Crippen LogP contribution is -2.05. The number of hydrogen-bond acceptors (Lipinski definition) is 2. The lowest BCUT2D eigenvalue weighted by Gasteiger charge is -1.98. The van der Waals surface area contributed by atoms with Gasteiger partial charge in [0, 0.05) is 12.6 Å². The molecule has 1 atom stereocenters. The van der Waals surface area contributed by atoms with Crippen molar-refractivity contribution in [3.05, 3.63) is 0 Å². The minimum Gasteiger partial charge on any atom is -0.391 e. The number of hydrogen-bond donors (Lipinski definition) is 0. The lowest BCUT2D eigenvalue weighted by atomic mass is 10.3. The largest absolute Gasteiger partial charge is 0.391 e. The zero-order chi connectivity index (χ0) is 5.11. The number of oxime groups is 1. The van der Waals surface area contributed by atoms with E-state index in [-0.39, 0.29) is 6.10 Å². The summed E-state index contributed by atoms with van der Waals surface area (Å²) >= 11 is 5.40. The van der Waals surface area contributed by atoms with Gasteiger partial charge in [-0.15, -0.1) is 11.6 Å². The molecule has 0 fully saturated rings. The topological polar surface area (TPSA) is 21.6 Å². The molecule has 0 aromatic rings. The molecule has 0 aliphatic carbocycles. The second-order valence-electron chi connectivity index (χ2n) is 1.41. The molecule has 7 heavy (non-hydrogen) atoms. The Balaban J connectivity index is 2.22. The van der Waals surface area contributed by atoms with E-state index in [9.17, 15) is 0 Å². The van der Waals surface area contributed by atoms with Crippen LogP contribution in [0.2, 0.25) is 0 Å². The van der Waals surface area contributed by atoms with Crippen molar-refractivity contribution < 1.29 is 4.84 Å². The maximum absolute atomic E-state index is 5.40. The van der Waals surface area contributed by atoms with Gasteiger partial charge in [-0.05, 0) is 0 Å². The van der Waals surface area contributed by atoms with Gasteiger partial charge in [0.2, 0.25) is 0 Å². The molecule has 1 unspecified atom stereocenters. The summed E-state index contributed by atoms with van der Waals surface area (Å²) in [4.78, 5) is 4.74. The average Bonchev–Trinajstić information content (AvgIpc) is 2.14. The SMILES string of the molecule is ClCC1CC=NO1. The van der Waals surface area contributed by atoms with Crippen molar-refractivity contribution in [3.63, 3.8) is 0 Å². The van der Waals surface area contributed by atoms with E-state index in [2.05, 4.69) is 5.16 Å². The third kappa shape index (κ3) is 1.06. The van der Waals surface area contributed by atoms with E-state index in [1.54, 1.807) is 6.21 Å². The maximum Gasteiger partial charge on any atom is 0.146 e. The summed E-state index contributed by atoms with van der Waals surface area (Å²) in [5.74, 6) is 0.542. The summed E-state index contributed by atoms with van der Waals surface area (Å²) in [6, 6.07) is 0. The van der Waals surface area contributed by atoms with Crippen LogP contribution in [-0.4, -0.2) is 18.2 Å². The number of halogens is 1. The highest BCUT2D eigenvalue weighted by Crippen LogP contribution is 2.04. The van der Waals surface area contributed by atoms with Crippen LogP contribution in [0.15, 0.2) is 5.16 Å². The third-order valence-electron chi connectivity index (χ3n) is 0.825. The van der Waals surface area contributed by atoms with Crippen LogP contribution in [0.1, 0.15) is 6.42 Å². The van der Waals surface area contributed by atoms with Gasteiger partial charge < -0.3 is 4.84 Å². The molecule has 0 saturated heterocycles. The van der Waals surface area contributed by atoms with E-state index in [0.29, 0.717) is 5.88 Å². The zero-order valence-corrected chi connectivity index (χ0v) is 4.56. The van der Waals surface area contributed by atoms with Crippen LogP contribution in [0.3, 0.4) is 0 Å². The molecule has 1 rings (SSSR count). The first-order valence-electron chi connectivity index (χ1n) is 2.17. The van der Waals surface area contributed by atoms with Gasteiger partial charge in [0.1, 0.15) is 6.10 Å². The molecule has 0 saturated carbocycles. The molecule has 0 bridgehead atoms. The summed E-state index contributed by atoms with van der Waals surface area (Å²) in [5.41, 5.74) is 0. The number of rotatable bonds is 1. The molecular formula is C4H6ClNO. The molecule has 1 aliphatic rings. The smallest absolute Gasteiger partial charge is 0.146 e. The summed E-state index contributed by atoms with van der Waals surface area (Å²) in [5, 5.41) is 3.53. The quantitative estimate of drug-likeness (QED) is 0.472. The molecule has 1 aliphatic heterocycles. The van der Waals surface area contributed by atoms with E-state index < -0.39 is 0 Å². The predicted octanol–water partition coefficient (Wildman–Crippen LogP) is 1.000. The first-order chi connectivity index (χ1) is 3.43. The Labute approximate surface area is 47.1 Å². The third-order valence-corrected chi connectivity index (χ3v) is 1.17. The maximum atomic E-state index is 5.40. The van der Waals surface area contributed by atoms with Crippen LogP contribution >= 0.6 is 11.6 Å². The zero-order valence-electron chi connectivity index (χ0n) is 3.80. The molecule has 1 heterocycles. The standard InChI is InChI=1S/C4H6ClNO/c5-3-4-1-2-6-7-4/h2,4H,1,3H2. The molecule has 0 radical (unpaired) electrons. The second-order valence-corrected chi connectivity index (χ2v) is 1.71. The Bertz CT molecular complexity index is 75.8. The van der Waals surface area contributed by atoms with Gasteiger partial charge in [-0.25, -0.2) is 0 Å².